The van der Waals surface area contributed by atoms with E-state index in [-0.39, 0.29) is 18.6 Å². The number of hydrogen-bond donors (Lipinski definition) is 2. The third-order valence-electron chi connectivity index (χ3n) is 3.49. The van der Waals surface area contributed by atoms with Crippen LogP contribution in [0.2, 0.25) is 0 Å². The summed E-state index contributed by atoms with van der Waals surface area (Å²) in [6, 6.07) is -0.0193. The van der Waals surface area contributed by atoms with Crippen LogP contribution in [-0.2, 0) is 4.79 Å². The predicted octanol–water partition coefficient (Wildman–Crippen LogP) is 0.975. The van der Waals surface area contributed by atoms with Crippen molar-refractivity contribution in [3.63, 3.8) is 0 Å². The maximum Gasteiger partial charge on any atom is 0.323 e. The maximum atomic E-state index is 12.5. The first-order valence-electron chi connectivity index (χ1n) is 6.70. The molecule has 0 spiro atoms. The van der Waals surface area contributed by atoms with Crippen LogP contribution in [0.25, 0.3) is 0 Å². The molecule has 2 amide bonds. The van der Waals surface area contributed by atoms with E-state index < -0.39 is 11.5 Å². The average molecular weight is 271 g/mol. The first-order valence-corrected chi connectivity index (χ1v) is 6.70. The molecule has 2 N–H and O–H groups in total. The smallest absolute Gasteiger partial charge is 0.323 e. The average Bonchev–Trinajstić information content (AvgIpc) is 2.34. The summed E-state index contributed by atoms with van der Waals surface area (Å²) >= 11 is 0. The predicted molar refractivity (Wildman–Crippen MR) is 73.1 cm³/mol. The van der Waals surface area contributed by atoms with Gasteiger partial charge in [0.05, 0.1) is 0 Å². The van der Waals surface area contributed by atoms with Crippen LogP contribution in [0.5, 0.6) is 0 Å². The molecule has 1 saturated heterocycles. The highest BCUT2D eigenvalue weighted by Gasteiger charge is 2.33. The summed E-state index contributed by atoms with van der Waals surface area (Å²) in [6.45, 7) is 7.09. The van der Waals surface area contributed by atoms with Crippen LogP contribution in [-0.4, -0.2) is 65.2 Å². The van der Waals surface area contributed by atoms with Gasteiger partial charge in [0.25, 0.3) is 0 Å². The second-order valence-corrected chi connectivity index (χ2v) is 6.03. The van der Waals surface area contributed by atoms with Gasteiger partial charge in [-0.05, 0) is 46.7 Å². The number of carboxylic acid groups (broad SMARTS) is 1. The van der Waals surface area contributed by atoms with Crippen molar-refractivity contribution in [1.82, 2.24) is 15.1 Å². The Kier molecular flexibility index (Phi) is 5.17. The third kappa shape index (κ3) is 4.38. The number of hydrogen-bond acceptors (Lipinski definition) is 3. The van der Waals surface area contributed by atoms with E-state index in [4.69, 9.17) is 5.11 Å². The summed E-state index contributed by atoms with van der Waals surface area (Å²) in [5.74, 6) is -0.984. The second-order valence-electron chi connectivity index (χ2n) is 6.03. The van der Waals surface area contributed by atoms with E-state index in [9.17, 15) is 9.59 Å². The maximum absolute atomic E-state index is 12.5. The fraction of sp³-hybridized carbons (Fsp3) is 0.846. The van der Waals surface area contributed by atoms with E-state index in [1.807, 2.05) is 20.8 Å². The van der Waals surface area contributed by atoms with Gasteiger partial charge in [-0.1, -0.05) is 0 Å². The molecular formula is C13H25N3O3. The Bertz CT molecular complexity index is 333. The molecule has 0 aromatic carbocycles. The number of nitrogens with zero attached hydrogens (tertiary/aromatic N) is 2. The van der Waals surface area contributed by atoms with Crippen LogP contribution in [0.4, 0.5) is 4.79 Å². The van der Waals surface area contributed by atoms with Gasteiger partial charge >= 0.3 is 12.0 Å². The number of carboxylic acids is 1. The number of carbonyl (C=O) groups is 2. The Morgan fingerprint density at radius 2 is 1.79 bits per heavy atom. The molecule has 1 heterocycles. The largest absolute Gasteiger partial charge is 0.480 e. The molecule has 6 heteroatoms. The number of aliphatic carboxylic acids is 1. The number of piperidine rings is 1. The molecule has 0 atom stereocenters. The highest BCUT2D eigenvalue weighted by atomic mass is 16.4. The van der Waals surface area contributed by atoms with E-state index in [0.29, 0.717) is 0 Å². The van der Waals surface area contributed by atoms with Gasteiger partial charge in [-0.2, -0.15) is 0 Å². The lowest BCUT2D eigenvalue weighted by Crippen LogP contribution is -2.56. The van der Waals surface area contributed by atoms with Gasteiger partial charge in [0.2, 0.25) is 0 Å². The van der Waals surface area contributed by atoms with Gasteiger partial charge < -0.3 is 20.2 Å². The number of urea groups is 1. The zero-order valence-corrected chi connectivity index (χ0v) is 12.3. The van der Waals surface area contributed by atoms with Crippen molar-refractivity contribution >= 4 is 12.0 Å². The Morgan fingerprint density at radius 3 is 2.21 bits per heavy atom. The summed E-state index contributed by atoms with van der Waals surface area (Å²) in [6.07, 6.45) is 1.82. The lowest BCUT2D eigenvalue weighted by molar-refractivity contribution is -0.138. The summed E-state index contributed by atoms with van der Waals surface area (Å²) in [7, 11) is 1.76. The van der Waals surface area contributed by atoms with Crippen LogP contribution in [0, 0.1) is 0 Å². The molecule has 0 unspecified atom stereocenters. The second kappa shape index (κ2) is 6.23. The van der Waals surface area contributed by atoms with E-state index >= 15 is 0 Å². The van der Waals surface area contributed by atoms with Gasteiger partial charge in [-0.3, -0.25) is 4.79 Å². The first kappa shape index (κ1) is 15.8. The molecule has 1 rings (SSSR count). The number of nitrogens with one attached hydrogen (secondary N) is 1. The first-order chi connectivity index (χ1) is 8.73. The quantitative estimate of drug-likeness (QED) is 0.802. The fourth-order valence-corrected chi connectivity index (χ4v) is 2.27. The van der Waals surface area contributed by atoms with E-state index in [1.54, 1.807) is 11.9 Å². The topological polar surface area (TPSA) is 72.9 Å². The molecule has 0 saturated carbocycles. The zero-order chi connectivity index (χ0) is 14.6. The van der Waals surface area contributed by atoms with Crippen molar-refractivity contribution in [2.45, 2.75) is 45.2 Å². The molecule has 110 valence electrons. The minimum atomic E-state index is -0.984. The van der Waals surface area contributed by atoms with Crippen molar-refractivity contribution in [3.05, 3.63) is 0 Å². The van der Waals surface area contributed by atoms with Crippen LogP contribution in [0.3, 0.4) is 0 Å². The molecule has 6 nitrogen and oxygen atoms in total. The fourth-order valence-electron chi connectivity index (χ4n) is 2.27. The van der Waals surface area contributed by atoms with Crippen molar-refractivity contribution < 1.29 is 14.7 Å². The minimum Gasteiger partial charge on any atom is -0.480 e. The van der Waals surface area contributed by atoms with Gasteiger partial charge in [0.1, 0.15) is 6.54 Å². The number of amides is 2. The summed E-state index contributed by atoms with van der Waals surface area (Å²) in [5, 5.41) is 12.2. The Labute approximate surface area is 114 Å². The van der Waals surface area contributed by atoms with Crippen LogP contribution >= 0.6 is 0 Å². The lowest BCUT2D eigenvalue weighted by Gasteiger charge is -2.40. The zero-order valence-electron chi connectivity index (χ0n) is 12.3. The summed E-state index contributed by atoms with van der Waals surface area (Å²) < 4.78 is 0. The normalized spacial score (nSPS) is 17.1. The van der Waals surface area contributed by atoms with Crippen molar-refractivity contribution in [2.75, 3.05) is 26.7 Å². The number of carbonyl (C=O) groups excluding carboxylic acids is 1. The molecule has 1 aliphatic rings. The highest BCUT2D eigenvalue weighted by molar-refractivity contribution is 5.81. The molecule has 0 aliphatic carbocycles. The Hall–Kier alpha value is -1.30. The van der Waals surface area contributed by atoms with Crippen LogP contribution < -0.4 is 5.32 Å². The van der Waals surface area contributed by atoms with E-state index in [0.717, 1.165) is 25.9 Å². The van der Waals surface area contributed by atoms with Crippen molar-refractivity contribution in [1.29, 1.82) is 0 Å². The molecule has 1 aliphatic heterocycles. The van der Waals surface area contributed by atoms with Gasteiger partial charge in [0.15, 0.2) is 0 Å². The lowest BCUT2D eigenvalue weighted by atomic mass is 10.0. The van der Waals surface area contributed by atoms with Crippen molar-refractivity contribution in [2.24, 2.45) is 0 Å². The molecule has 0 aromatic rings. The molecule has 0 aromatic heterocycles. The minimum absolute atomic E-state index is 0.187. The number of rotatable bonds is 3. The monoisotopic (exact) mass is 271 g/mol. The highest BCUT2D eigenvalue weighted by Crippen LogP contribution is 2.18. The molecule has 19 heavy (non-hydrogen) atoms. The molecule has 1 fully saturated rings. The van der Waals surface area contributed by atoms with Gasteiger partial charge in [-0.25, -0.2) is 4.79 Å². The van der Waals surface area contributed by atoms with E-state index in [1.165, 1.54) is 4.90 Å². The molecule has 0 bridgehead atoms. The Balaban J connectivity index is 2.77. The van der Waals surface area contributed by atoms with Crippen LogP contribution in [0.1, 0.15) is 33.6 Å². The summed E-state index contributed by atoms with van der Waals surface area (Å²) in [4.78, 5) is 26.5. The Morgan fingerprint density at radius 1 is 1.26 bits per heavy atom. The standard InChI is InChI=1S/C13H25N3O3/c1-13(2,3)16(9-11(17)18)12(19)15(4)10-5-7-14-8-6-10/h10,14H,5-9H2,1-4H3,(H,17,18). The van der Waals surface area contributed by atoms with Gasteiger partial charge in [0, 0.05) is 18.6 Å². The molecule has 0 radical (unpaired) electrons. The van der Waals surface area contributed by atoms with Crippen LogP contribution in [0.15, 0.2) is 0 Å². The third-order valence-corrected chi connectivity index (χ3v) is 3.49. The SMILES string of the molecule is CN(C(=O)N(CC(=O)O)C(C)(C)C)C1CCNCC1. The molecular weight excluding hydrogens is 246 g/mol. The van der Waals surface area contributed by atoms with E-state index in [2.05, 4.69) is 5.32 Å². The van der Waals surface area contributed by atoms with Gasteiger partial charge in [-0.15, -0.1) is 0 Å². The summed E-state index contributed by atoms with van der Waals surface area (Å²) in [5.41, 5.74) is -0.503. The van der Waals surface area contributed by atoms with Crippen molar-refractivity contribution in [3.8, 4) is 0 Å².